The van der Waals surface area contributed by atoms with Crippen LogP contribution in [0.1, 0.15) is 11.7 Å². The van der Waals surface area contributed by atoms with E-state index in [2.05, 4.69) is 4.98 Å². The predicted octanol–water partition coefficient (Wildman–Crippen LogP) is 0.867. The molecule has 0 aliphatic rings. The lowest BCUT2D eigenvalue weighted by Crippen LogP contribution is -2.18. The minimum Gasteiger partial charge on any atom is -0.383 e. The van der Waals surface area contributed by atoms with E-state index in [4.69, 9.17) is 10.5 Å². The van der Waals surface area contributed by atoms with Gasteiger partial charge in [0.2, 0.25) is 0 Å². The van der Waals surface area contributed by atoms with Crippen LogP contribution in [0, 0.1) is 5.82 Å². The molecule has 4 heteroatoms. The molecular formula is C8H11FN2O. The van der Waals surface area contributed by atoms with Gasteiger partial charge in [0.25, 0.3) is 0 Å². The SMILES string of the molecule is COC[C@@H](N)c1ncccc1F. The summed E-state index contributed by atoms with van der Waals surface area (Å²) >= 11 is 0. The summed E-state index contributed by atoms with van der Waals surface area (Å²) in [5.74, 6) is -0.387. The van der Waals surface area contributed by atoms with Gasteiger partial charge in [-0.25, -0.2) is 4.39 Å². The summed E-state index contributed by atoms with van der Waals surface area (Å²) in [6.45, 7) is 0.272. The maximum Gasteiger partial charge on any atom is 0.146 e. The van der Waals surface area contributed by atoms with Crippen molar-refractivity contribution in [1.29, 1.82) is 0 Å². The van der Waals surface area contributed by atoms with Crippen LogP contribution in [0.25, 0.3) is 0 Å². The van der Waals surface area contributed by atoms with E-state index in [0.29, 0.717) is 0 Å². The number of ether oxygens (including phenoxy) is 1. The van der Waals surface area contributed by atoms with Gasteiger partial charge in [-0.3, -0.25) is 4.98 Å². The lowest BCUT2D eigenvalue weighted by molar-refractivity contribution is 0.178. The van der Waals surface area contributed by atoms with E-state index in [-0.39, 0.29) is 18.1 Å². The first-order valence-electron chi connectivity index (χ1n) is 3.60. The molecular weight excluding hydrogens is 159 g/mol. The minimum atomic E-state index is -0.490. The molecule has 3 nitrogen and oxygen atoms in total. The predicted molar refractivity (Wildman–Crippen MR) is 43.0 cm³/mol. The molecule has 2 N–H and O–H groups in total. The van der Waals surface area contributed by atoms with Gasteiger partial charge in [0.15, 0.2) is 0 Å². The lowest BCUT2D eigenvalue weighted by Gasteiger charge is -2.09. The van der Waals surface area contributed by atoms with Crippen molar-refractivity contribution < 1.29 is 9.13 Å². The van der Waals surface area contributed by atoms with Gasteiger partial charge in [-0.1, -0.05) is 0 Å². The third-order valence-corrected chi connectivity index (χ3v) is 1.48. The molecule has 66 valence electrons. The van der Waals surface area contributed by atoms with Crippen LogP contribution in [0.4, 0.5) is 4.39 Å². The number of aromatic nitrogens is 1. The Morgan fingerprint density at radius 2 is 2.50 bits per heavy atom. The van der Waals surface area contributed by atoms with E-state index >= 15 is 0 Å². The topological polar surface area (TPSA) is 48.1 Å². The van der Waals surface area contributed by atoms with Crippen molar-refractivity contribution in [1.82, 2.24) is 4.98 Å². The second-order valence-corrected chi connectivity index (χ2v) is 2.43. The van der Waals surface area contributed by atoms with Crippen molar-refractivity contribution in [3.05, 3.63) is 29.8 Å². The summed E-state index contributed by atoms with van der Waals surface area (Å²) in [4.78, 5) is 3.82. The lowest BCUT2D eigenvalue weighted by atomic mass is 10.2. The average Bonchev–Trinajstić information content (AvgIpc) is 2.05. The van der Waals surface area contributed by atoms with E-state index in [1.165, 1.54) is 25.4 Å². The summed E-state index contributed by atoms with van der Waals surface area (Å²) in [7, 11) is 1.51. The fourth-order valence-corrected chi connectivity index (χ4v) is 0.929. The number of rotatable bonds is 3. The van der Waals surface area contributed by atoms with Gasteiger partial charge in [0.05, 0.1) is 18.3 Å². The third-order valence-electron chi connectivity index (χ3n) is 1.48. The Morgan fingerprint density at radius 1 is 1.75 bits per heavy atom. The Labute approximate surface area is 70.4 Å². The molecule has 0 fully saturated rings. The van der Waals surface area contributed by atoms with Crippen LogP contribution in [-0.4, -0.2) is 18.7 Å². The zero-order chi connectivity index (χ0) is 8.97. The van der Waals surface area contributed by atoms with Gasteiger partial charge in [-0.05, 0) is 12.1 Å². The molecule has 0 spiro atoms. The molecule has 0 radical (unpaired) electrons. The zero-order valence-electron chi connectivity index (χ0n) is 6.83. The van der Waals surface area contributed by atoms with Crippen molar-refractivity contribution in [2.75, 3.05) is 13.7 Å². The molecule has 0 saturated heterocycles. The monoisotopic (exact) mass is 170 g/mol. The molecule has 1 aromatic heterocycles. The fourth-order valence-electron chi connectivity index (χ4n) is 0.929. The minimum absolute atomic E-state index is 0.249. The average molecular weight is 170 g/mol. The van der Waals surface area contributed by atoms with Crippen molar-refractivity contribution in [3.8, 4) is 0 Å². The number of hydrogen-bond acceptors (Lipinski definition) is 3. The Bertz CT molecular complexity index is 255. The standard InChI is InChI=1S/C8H11FN2O/c1-12-5-7(10)8-6(9)3-2-4-11-8/h2-4,7H,5,10H2,1H3/t7-/m1/s1. The van der Waals surface area contributed by atoms with Gasteiger partial charge in [-0.2, -0.15) is 0 Å². The molecule has 12 heavy (non-hydrogen) atoms. The number of halogens is 1. The van der Waals surface area contributed by atoms with Gasteiger partial charge >= 0.3 is 0 Å². The Hall–Kier alpha value is -1.00. The highest BCUT2D eigenvalue weighted by Crippen LogP contribution is 2.10. The van der Waals surface area contributed by atoms with Crippen LogP contribution >= 0.6 is 0 Å². The molecule has 1 aromatic rings. The third kappa shape index (κ3) is 1.99. The molecule has 1 rings (SSSR count). The van der Waals surface area contributed by atoms with Crippen molar-refractivity contribution in [3.63, 3.8) is 0 Å². The van der Waals surface area contributed by atoms with Crippen LogP contribution < -0.4 is 5.73 Å². The van der Waals surface area contributed by atoms with E-state index in [1.807, 2.05) is 0 Å². The summed E-state index contributed by atoms with van der Waals surface area (Å²) in [6, 6.07) is 2.37. The molecule has 0 bridgehead atoms. The van der Waals surface area contributed by atoms with Crippen LogP contribution in [0.3, 0.4) is 0 Å². The molecule has 0 aromatic carbocycles. The first-order chi connectivity index (χ1) is 5.75. The first-order valence-corrected chi connectivity index (χ1v) is 3.60. The fraction of sp³-hybridized carbons (Fsp3) is 0.375. The zero-order valence-corrected chi connectivity index (χ0v) is 6.83. The van der Waals surface area contributed by atoms with Gasteiger partial charge in [0.1, 0.15) is 5.82 Å². The number of methoxy groups -OCH3 is 1. The summed E-state index contributed by atoms with van der Waals surface area (Å²) in [5, 5.41) is 0. The molecule has 1 heterocycles. The van der Waals surface area contributed by atoms with Crippen LogP contribution in [-0.2, 0) is 4.74 Å². The maximum absolute atomic E-state index is 13.0. The second-order valence-electron chi connectivity index (χ2n) is 2.43. The molecule has 0 saturated carbocycles. The van der Waals surface area contributed by atoms with Crippen molar-refractivity contribution in [2.45, 2.75) is 6.04 Å². The maximum atomic E-state index is 13.0. The first kappa shape index (κ1) is 9.09. The van der Waals surface area contributed by atoms with Crippen LogP contribution in [0.2, 0.25) is 0 Å². The summed E-state index contributed by atoms with van der Waals surface area (Å²) in [5.41, 5.74) is 5.83. The summed E-state index contributed by atoms with van der Waals surface area (Å²) < 4.78 is 17.7. The number of pyridine rings is 1. The molecule has 0 aliphatic heterocycles. The smallest absolute Gasteiger partial charge is 0.146 e. The highest BCUT2D eigenvalue weighted by molar-refractivity contribution is 5.10. The highest BCUT2D eigenvalue weighted by Gasteiger charge is 2.11. The van der Waals surface area contributed by atoms with Crippen LogP contribution in [0.5, 0.6) is 0 Å². The molecule has 0 amide bonds. The van der Waals surface area contributed by atoms with Crippen LogP contribution in [0.15, 0.2) is 18.3 Å². The molecule has 0 unspecified atom stereocenters. The van der Waals surface area contributed by atoms with E-state index in [0.717, 1.165) is 0 Å². The number of hydrogen-bond donors (Lipinski definition) is 1. The van der Waals surface area contributed by atoms with E-state index in [1.54, 1.807) is 0 Å². The number of nitrogens with zero attached hydrogens (tertiary/aromatic N) is 1. The highest BCUT2D eigenvalue weighted by atomic mass is 19.1. The summed E-state index contributed by atoms with van der Waals surface area (Å²) in [6.07, 6.45) is 1.51. The van der Waals surface area contributed by atoms with E-state index in [9.17, 15) is 4.39 Å². The number of nitrogens with two attached hydrogens (primary N) is 1. The van der Waals surface area contributed by atoms with E-state index < -0.39 is 6.04 Å². The Morgan fingerprint density at radius 3 is 3.08 bits per heavy atom. The Kier molecular flexibility index (Phi) is 3.13. The molecule has 1 atom stereocenters. The van der Waals surface area contributed by atoms with Crippen molar-refractivity contribution in [2.24, 2.45) is 5.73 Å². The molecule has 0 aliphatic carbocycles. The quantitative estimate of drug-likeness (QED) is 0.732. The van der Waals surface area contributed by atoms with Gasteiger partial charge < -0.3 is 10.5 Å². The largest absolute Gasteiger partial charge is 0.383 e. The van der Waals surface area contributed by atoms with Gasteiger partial charge in [-0.15, -0.1) is 0 Å². The van der Waals surface area contributed by atoms with Gasteiger partial charge in [0, 0.05) is 13.3 Å². The second kappa shape index (κ2) is 4.13. The van der Waals surface area contributed by atoms with Crippen molar-refractivity contribution >= 4 is 0 Å². The normalized spacial score (nSPS) is 12.9. The Balaban J connectivity index is 2.79.